The highest BCUT2D eigenvalue weighted by molar-refractivity contribution is 5.81. The lowest BCUT2D eigenvalue weighted by atomic mass is 9.92. The van der Waals surface area contributed by atoms with Gasteiger partial charge in [-0.15, -0.1) is 0 Å². The van der Waals surface area contributed by atoms with Crippen molar-refractivity contribution in [2.45, 2.75) is 46.6 Å². The van der Waals surface area contributed by atoms with Crippen LogP contribution < -0.4 is 5.32 Å². The van der Waals surface area contributed by atoms with Gasteiger partial charge in [0.15, 0.2) is 0 Å². The Morgan fingerprint density at radius 3 is 2.00 bits per heavy atom. The van der Waals surface area contributed by atoms with Gasteiger partial charge in [-0.05, 0) is 19.4 Å². The van der Waals surface area contributed by atoms with Crippen molar-refractivity contribution in [1.82, 2.24) is 5.32 Å². The minimum Gasteiger partial charge on any atom is -0.308 e. The van der Waals surface area contributed by atoms with Crippen LogP contribution in [0.1, 0.15) is 40.5 Å². The number of ketones is 1. The number of rotatable bonds is 6. The molecular formula is C10H21NO. The van der Waals surface area contributed by atoms with E-state index in [9.17, 15) is 4.79 Å². The topological polar surface area (TPSA) is 29.1 Å². The van der Waals surface area contributed by atoms with Crippen LogP contribution in [-0.2, 0) is 4.79 Å². The quantitative estimate of drug-likeness (QED) is 0.662. The Kier molecular flexibility index (Phi) is 5.99. The molecule has 0 heterocycles. The van der Waals surface area contributed by atoms with Crippen LogP contribution in [-0.4, -0.2) is 18.4 Å². The minimum atomic E-state index is 0.0741. The van der Waals surface area contributed by atoms with Gasteiger partial charge in [0.25, 0.3) is 0 Å². The maximum atomic E-state index is 11.2. The molecule has 0 aromatic rings. The van der Waals surface area contributed by atoms with Gasteiger partial charge in [-0.25, -0.2) is 0 Å². The van der Waals surface area contributed by atoms with Crippen LogP contribution >= 0.6 is 0 Å². The van der Waals surface area contributed by atoms with Crippen LogP contribution in [0.4, 0.5) is 0 Å². The second-order valence-corrected chi connectivity index (χ2v) is 3.22. The van der Waals surface area contributed by atoms with Crippen molar-refractivity contribution < 1.29 is 4.79 Å². The first kappa shape index (κ1) is 11.6. The summed E-state index contributed by atoms with van der Waals surface area (Å²) in [5.74, 6) is 0.771. The van der Waals surface area contributed by atoms with Gasteiger partial charge < -0.3 is 5.32 Å². The van der Waals surface area contributed by atoms with Crippen LogP contribution in [0, 0.1) is 5.92 Å². The lowest BCUT2D eigenvalue weighted by molar-refractivity contribution is -0.120. The Bertz CT molecular complexity index is 130. The Morgan fingerprint density at radius 2 is 1.75 bits per heavy atom. The van der Waals surface area contributed by atoms with Crippen molar-refractivity contribution >= 4 is 5.78 Å². The number of likely N-dealkylation sites (N-methyl/N-ethyl adjacent to an activating group) is 1. The second kappa shape index (κ2) is 6.18. The van der Waals surface area contributed by atoms with E-state index in [0.29, 0.717) is 5.92 Å². The zero-order valence-electron chi connectivity index (χ0n) is 8.68. The molecule has 0 bridgehead atoms. The summed E-state index contributed by atoms with van der Waals surface area (Å²) >= 11 is 0. The molecule has 1 N–H and O–H groups in total. The highest BCUT2D eigenvalue weighted by atomic mass is 16.1. The molecule has 2 heteroatoms. The third-order valence-corrected chi connectivity index (χ3v) is 2.38. The molecule has 0 aromatic heterocycles. The third kappa shape index (κ3) is 3.35. The fourth-order valence-electron chi connectivity index (χ4n) is 1.62. The SMILES string of the molecule is CCN[C@H](C(C)=O)C(CC)CC. The van der Waals surface area contributed by atoms with E-state index in [2.05, 4.69) is 19.2 Å². The molecule has 0 rings (SSSR count). The molecule has 0 aromatic carbocycles. The molecule has 0 aliphatic rings. The van der Waals surface area contributed by atoms with Crippen molar-refractivity contribution in [3.63, 3.8) is 0 Å². The van der Waals surface area contributed by atoms with E-state index in [4.69, 9.17) is 0 Å². The first-order valence-corrected chi connectivity index (χ1v) is 4.91. The smallest absolute Gasteiger partial charge is 0.146 e. The van der Waals surface area contributed by atoms with Crippen LogP contribution in [0.15, 0.2) is 0 Å². The van der Waals surface area contributed by atoms with E-state index in [0.717, 1.165) is 19.4 Å². The van der Waals surface area contributed by atoms with E-state index in [1.165, 1.54) is 0 Å². The fourth-order valence-corrected chi connectivity index (χ4v) is 1.62. The summed E-state index contributed by atoms with van der Waals surface area (Å²) < 4.78 is 0. The van der Waals surface area contributed by atoms with Crippen molar-refractivity contribution in [3.8, 4) is 0 Å². The number of Topliss-reactive ketones (excluding diaryl/α,β-unsaturated/α-hetero) is 1. The number of hydrogen-bond acceptors (Lipinski definition) is 2. The highest BCUT2D eigenvalue weighted by Crippen LogP contribution is 2.13. The number of hydrogen-bond donors (Lipinski definition) is 1. The molecule has 0 fully saturated rings. The molecule has 2 nitrogen and oxygen atoms in total. The maximum absolute atomic E-state index is 11.2. The molecule has 72 valence electrons. The van der Waals surface area contributed by atoms with Gasteiger partial charge in [-0.3, -0.25) is 4.79 Å². The highest BCUT2D eigenvalue weighted by Gasteiger charge is 2.20. The molecule has 0 aliphatic carbocycles. The minimum absolute atomic E-state index is 0.0741. The summed E-state index contributed by atoms with van der Waals surface area (Å²) in [6.45, 7) is 8.87. The molecule has 0 saturated heterocycles. The first-order valence-electron chi connectivity index (χ1n) is 4.91. The normalized spacial score (nSPS) is 13.4. The number of carbonyl (C=O) groups is 1. The van der Waals surface area contributed by atoms with Crippen LogP contribution in [0.3, 0.4) is 0 Å². The molecule has 12 heavy (non-hydrogen) atoms. The monoisotopic (exact) mass is 171 g/mol. The van der Waals surface area contributed by atoms with Crippen LogP contribution in [0.5, 0.6) is 0 Å². The summed E-state index contributed by atoms with van der Waals surface area (Å²) in [6.07, 6.45) is 2.15. The largest absolute Gasteiger partial charge is 0.308 e. The zero-order valence-corrected chi connectivity index (χ0v) is 8.68. The van der Waals surface area contributed by atoms with Gasteiger partial charge >= 0.3 is 0 Å². The predicted molar refractivity (Wildman–Crippen MR) is 52.2 cm³/mol. The summed E-state index contributed by atoms with van der Waals surface area (Å²) in [7, 11) is 0. The van der Waals surface area contributed by atoms with Gasteiger partial charge in [0.05, 0.1) is 6.04 Å². The van der Waals surface area contributed by atoms with Crippen LogP contribution in [0.2, 0.25) is 0 Å². The van der Waals surface area contributed by atoms with Crippen molar-refractivity contribution in [1.29, 1.82) is 0 Å². The van der Waals surface area contributed by atoms with E-state index in [1.807, 2.05) is 6.92 Å². The van der Waals surface area contributed by atoms with Gasteiger partial charge in [-0.2, -0.15) is 0 Å². The Balaban J connectivity index is 4.15. The fraction of sp³-hybridized carbons (Fsp3) is 0.900. The van der Waals surface area contributed by atoms with Crippen molar-refractivity contribution in [2.75, 3.05) is 6.54 Å². The van der Waals surface area contributed by atoms with Gasteiger partial charge in [-0.1, -0.05) is 33.6 Å². The summed E-state index contributed by atoms with van der Waals surface area (Å²) in [6, 6.07) is 0.0741. The van der Waals surface area contributed by atoms with Gasteiger partial charge in [0.1, 0.15) is 5.78 Å². The molecule has 1 atom stereocenters. The zero-order chi connectivity index (χ0) is 9.56. The summed E-state index contributed by atoms with van der Waals surface area (Å²) in [5.41, 5.74) is 0. The molecule has 0 amide bonds. The third-order valence-electron chi connectivity index (χ3n) is 2.38. The van der Waals surface area contributed by atoms with Crippen molar-refractivity contribution in [3.05, 3.63) is 0 Å². The van der Waals surface area contributed by atoms with E-state index >= 15 is 0 Å². The molecule has 0 radical (unpaired) electrons. The second-order valence-electron chi connectivity index (χ2n) is 3.22. The van der Waals surface area contributed by atoms with Gasteiger partial charge in [0, 0.05) is 0 Å². The number of carbonyl (C=O) groups excluding carboxylic acids is 1. The Hall–Kier alpha value is -0.370. The maximum Gasteiger partial charge on any atom is 0.146 e. The van der Waals surface area contributed by atoms with Crippen LogP contribution in [0.25, 0.3) is 0 Å². The Labute approximate surface area is 75.7 Å². The molecule has 0 aliphatic heterocycles. The van der Waals surface area contributed by atoms with Gasteiger partial charge in [0.2, 0.25) is 0 Å². The Morgan fingerprint density at radius 1 is 1.25 bits per heavy atom. The first-order chi connectivity index (χ1) is 5.67. The average molecular weight is 171 g/mol. The molecule has 0 spiro atoms. The molecule has 0 unspecified atom stereocenters. The lowest BCUT2D eigenvalue weighted by Crippen LogP contribution is -2.41. The average Bonchev–Trinajstić information content (AvgIpc) is 2.05. The van der Waals surface area contributed by atoms with E-state index < -0.39 is 0 Å². The summed E-state index contributed by atoms with van der Waals surface area (Å²) in [5, 5.41) is 3.23. The molecular weight excluding hydrogens is 150 g/mol. The standard InChI is InChI=1S/C10H21NO/c1-5-9(6-2)10(8(4)12)11-7-3/h9-11H,5-7H2,1-4H3/t10-/m1/s1. The predicted octanol–water partition coefficient (Wildman–Crippen LogP) is 1.99. The van der Waals surface area contributed by atoms with E-state index in [1.54, 1.807) is 6.92 Å². The summed E-state index contributed by atoms with van der Waals surface area (Å²) in [4.78, 5) is 11.2. The van der Waals surface area contributed by atoms with E-state index in [-0.39, 0.29) is 11.8 Å². The molecule has 0 saturated carbocycles. The van der Waals surface area contributed by atoms with Crippen molar-refractivity contribution in [2.24, 2.45) is 5.92 Å². The lowest BCUT2D eigenvalue weighted by Gasteiger charge is -2.23. The number of nitrogens with one attached hydrogen (secondary N) is 1.